The lowest BCUT2D eigenvalue weighted by Crippen LogP contribution is -2.20. The lowest BCUT2D eigenvalue weighted by molar-refractivity contribution is 0.825. The molecule has 0 bridgehead atoms. The van der Waals surface area contributed by atoms with E-state index in [9.17, 15) is 9.59 Å². The molecule has 0 aliphatic carbocycles. The van der Waals surface area contributed by atoms with Gasteiger partial charge in [0.2, 0.25) is 0 Å². The molecule has 0 spiro atoms. The molecule has 0 saturated carbocycles. The summed E-state index contributed by atoms with van der Waals surface area (Å²) in [5.74, 6) is -0.718. The summed E-state index contributed by atoms with van der Waals surface area (Å²) < 4.78 is 2.14. The van der Waals surface area contributed by atoms with Crippen molar-refractivity contribution in [2.75, 3.05) is 0 Å². The number of para-hydroxylation sites is 1. The van der Waals surface area contributed by atoms with Gasteiger partial charge < -0.3 is 4.57 Å². The molecule has 0 saturated heterocycles. The first-order valence-corrected chi connectivity index (χ1v) is 14.8. The first-order chi connectivity index (χ1) is 21.4. The van der Waals surface area contributed by atoms with Gasteiger partial charge in [-0.3, -0.25) is 30.0 Å². The topological polar surface area (TPSA) is 102 Å². The first-order valence-electron chi connectivity index (χ1n) is 14.5. The van der Waals surface area contributed by atoms with Crippen LogP contribution in [0.4, 0.5) is 0 Å². The number of aryl methyl sites for hydroxylation is 2. The van der Waals surface area contributed by atoms with E-state index in [1.165, 1.54) is 0 Å². The number of aromatic nitrogens is 5. The molecule has 7 aromatic rings. The Bertz CT molecular complexity index is 2130. The molecule has 0 fully saturated rings. The zero-order valence-corrected chi connectivity index (χ0v) is 25.0. The second kappa shape index (κ2) is 11.1. The third-order valence-corrected chi connectivity index (χ3v) is 8.69. The van der Waals surface area contributed by atoms with Gasteiger partial charge in [0.25, 0.3) is 11.1 Å². The van der Waals surface area contributed by atoms with Crippen LogP contribution in [0.3, 0.4) is 0 Å². The van der Waals surface area contributed by atoms with Crippen LogP contribution in [-0.2, 0) is 6.54 Å². The molecule has 8 heteroatoms. The highest BCUT2D eigenvalue weighted by atomic mass is 35.5. The van der Waals surface area contributed by atoms with E-state index in [0.29, 0.717) is 34.1 Å². The second-order valence-corrected chi connectivity index (χ2v) is 11.6. The number of rotatable bonds is 7. The molecule has 218 valence electrons. The van der Waals surface area contributed by atoms with Gasteiger partial charge in [0.05, 0.1) is 28.4 Å². The van der Waals surface area contributed by atoms with Crippen molar-refractivity contribution in [3.8, 4) is 22.5 Å². The molecule has 4 N–H and O–H groups in total. The molecule has 7 nitrogen and oxygen atoms in total. The van der Waals surface area contributed by atoms with Gasteiger partial charge in [-0.25, -0.2) is 0 Å². The number of H-pyrrole nitrogens is 4. The highest BCUT2D eigenvalue weighted by molar-refractivity contribution is 6.31. The van der Waals surface area contributed by atoms with Crippen molar-refractivity contribution in [1.29, 1.82) is 0 Å². The van der Waals surface area contributed by atoms with Crippen molar-refractivity contribution in [2.24, 2.45) is 0 Å². The van der Waals surface area contributed by atoms with Crippen LogP contribution < -0.4 is 11.1 Å². The summed E-state index contributed by atoms with van der Waals surface area (Å²) in [5.41, 5.74) is 8.32. The molecule has 0 radical (unpaired) electrons. The van der Waals surface area contributed by atoms with Gasteiger partial charge in [0, 0.05) is 28.7 Å². The minimum Gasteiger partial charge on any atom is -0.343 e. The van der Waals surface area contributed by atoms with Crippen LogP contribution in [0.15, 0.2) is 113 Å². The van der Waals surface area contributed by atoms with Gasteiger partial charge in [-0.15, -0.1) is 0 Å². The highest BCUT2D eigenvalue weighted by Gasteiger charge is 2.33. The predicted octanol–water partition coefficient (Wildman–Crippen LogP) is 7.51. The molecule has 0 amide bonds. The van der Waals surface area contributed by atoms with Crippen LogP contribution in [-0.4, -0.2) is 25.0 Å². The number of nitrogens with zero attached hydrogens (tertiary/aromatic N) is 1. The van der Waals surface area contributed by atoms with Crippen LogP contribution in [0.25, 0.3) is 33.4 Å². The van der Waals surface area contributed by atoms with Crippen LogP contribution in [0.1, 0.15) is 39.3 Å². The lowest BCUT2D eigenvalue weighted by atomic mass is 9.83. The zero-order valence-electron chi connectivity index (χ0n) is 24.2. The van der Waals surface area contributed by atoms with Crippen molar-refractivity contribution < 1.29 is 0 Å². The summed E-state index contributed by atoms with van der Waals surface area (Å²) in [4.78, 5) is 27.7. The number of nitrogens with one attached hydrogen (secondary N) is 4. The summed E-state index contributed by atoms with van der Waals surface area (Å²) in [6, 6.07) is 31.8. The Morgan fingerprint density at radius 1 is 0.659 bits per heavy atom. The van der Waals surface area contributed by atoms with Crippen LogP contribution in [0.2, 0.25) is 5.02 Å². The smallest absolute Gasteiger partial charge is 0.268 e. The Hall–Kier alpha value is -5.27. The summed E-state index contributed by atoms with van der Waals surface area (Å²) in [5, 5.41) is 13.5. The van der Waals surface area contributed by atoms with E-state index in [2.05, 4.69) is 37.2 Å². The molecule has 44 heavy (non-hydrogen) atoms. The van der Waals surface area contributed by atoms with E-state index in [4.69, 9.17) is 11.6 Å². The minimum atomic E-state index is -0.718. The van der Waals surface area contributed by atoms with Crippen LogP contribution in [0.5, 0.6) is 0 Å². The van der Waals surface area contributed by atoms with E-state index in [0.717, 1.165) is 44.3 Å². The van der Waals surface area contributed by atoms with Crippen molar-refractivity contribution in [2.45, 2.75) is 26.3 Å². The van der Waals surface area contributed by atoms with Gasteiger partial charge in [-0.1, -0.05) is 108 Å². The highest BCUT2D eigenvalue weighted by Crippen LogP contribution is 2.41. The quantitative estimate of drug-likeness (QED) is 0.152. The third-order valence-electron chi connectivity index (χ3n) is 8.32. The number of hydrogen-bond donors (Lipinski definition) is 4. The van der Waals surface area contributed by atoms with Crippen molar-refractivity contribution in [3.05, 3.63) is 162 Å². The number of benzene rings is 4. The summed E-state index contributed by atoms with van der Waals surface area (Å²) in [7, 11) is 0. The van der Waals surface area contributed by atoms with E-state index in [1.807, 2.05) is 105 Å². The zero-order chi connectivity index (χ0) is 30.4. The fourth-order valence-electron chi connectivity index (χ4n) is 6.08. The average molecular weight is 600 g/mol. The van der Waals surface area contributed by atoms with Crippen molar-refractivity contribution in [1.82, 2.24) is 25.0 Å². The maximum Gasteiger partial charge on any atom is 0.268 e. The summed E-state index contributed by atoms with van der Waals surface area (Å²) >= 11 is 6.59. The largest absolute Gasteiger partial charge is 0.343 e. The number of aromatic amines is 4. The Balaban J connectivity index is 1.52. The summed E-state index contributed by atoms with van der Waals surface area (Å²) in [6.45, 7) is 4.57. The lowest BCUT2D eigenvalue weighted by Gasteiger charge is -2.17. The molecule has 0 unspecified atom stereocenters. The van der Waals surface area contributed by atoms with Gasteiger partial charge in [-0.05, 0) is 48.2 Å². The average Bonchev–Trinajstić information content (AvgIpc) is 3.72. The molecule has 3 heterocycles. The van der Waals surface area contributed by atoms with E-state index in [1.54, 1.807) is 0 Å². The molecule has 7 rings (SSSR count). The van der Waals surface area contributed by atoms with Gasteiger partial charge >= 0.3 is 0 Å². The van der Waals surface area contributed by atoms with Crippen LogP contribution >= 0.6 is 11.6 Å². The number of hydrogen-bond acceptors (Lipinski definition) is 2. The standard InChI is InChI=1S/C36H30ClN5O2/c1-21-11-15-23(16-12-21)33-31(35(43)40-38-33)30(32-34(39-41-36(32)44)24-17-13-22(2)14-18-24)27-20-42(29-10-6-4-8-26(27)29)19-25-7-3-5-9-28(25)37/h3-18,20,30H,19H2,1-2H3,(H2,38,40,43)(H2,39,41,44). The normalized spacial score (nSPS) is 11.5. The first kappa shape index (κ1) is 27.6. The maximum absolute atomic E-state index is 13.8. The van der Waals surface area contributed by atoms with Crippen molar-refractivity contribution in [3.63, 3.8) is 0 Å². The number of fused-ring (bicyclic) bond motifs is 1. The van der Waals surface area contributed by atoms with Gasteiger partial charge in [0.15, 0.2) is 0 Å². The Kier molecular flexibility index (Phi) is 6.95. The molecule has 4 aromatic carbocycles. The Morgan fingerprint density at radius 2 is 1.18 bits per heavy atom. The molecule has 0 atom stereocenters. The third kappa shape index (κ3) is 4.81. The maximum atomic E-state index is 13.8. The Morgan fingerprint density at radius 3 is 1.75 bits per heavy atom. The Labute approximate surface area is 258 Å². The van der Waals surface area contributed by atoms with Gasteiger partial charge in [0.1, 0.15) is 0 Å². The fraction of sp³-hybridized carbons (Fsp3) is 0.111. The van der Waals surface area contributed by atoms with Gasteiger partial charge in [-0.2, -0.15) is 0 Å². The molecular weight excluding hydrogens is 570 g/mol. The van der Waals surface area contributed by atoms with E-state index >= 15 is 0 Å². The number of halogens is 1. The van der Waals surface area contributed by atoms with E-state index in [-0.39, 0.29) is 11.1 Å². The molecule has 0 aliphatic heterocycles. The van der Waals surface area contributed by atoms with E-state index < -0.39 is 5.92 Å². The monoisotopic (exact) mass is 599 g/mol. The van der Waals surface area contributed by atoms with Crippen LogP contribution in [0, 0.1) is 13.8 Å². The SMILES string of the molecule is Cc1ccc(-c2[nH][nH]c(=O)c2C(c2c(-c3ccc(C)cc3)[nH][nH]c2=O)c2cn(Cc3ccccc3Cl)c3ccccc23)cc1. The fourth-order valence-corrected chi connectivity index (χ4v) is 6.28. The molecular formula is C36H30ClN5O2. The summed E-state index contributed by atoms with van der Waals surface area (Å²) in [6.07, 6.45) is 2.05. The van der Waals surface area contributed by atoms with Crippen molar-refractivity contribution >= 4 is 22.5 Å². The molecule has 0 aliphatic rings. The second-order valence-electron chi connectivity index (χ2n) is 11.2. The molecule has 3 aromatic heterocycles. The minimum absolute atomic E-state index is 0.288. The predicted molar refractivity (Wildman–Crippen MR) is 177 cm³/mol.